The van der Waals surface area contributed by atoms with E-state index in [0.29, 0.717) is 23.3 Å². The summed E-state index contributed by atoms with van der Waals surface area (Å²) in [5.74, 6) is -0.513. The van der Waals surface area contributed by atoms with E-state index < -0.39 is 23.7 Å². The van der Waals surface area contributed by atoms with Crippen molar-refractivity contribution in [3.8, 4) is 5.75 Å². The number of ether oxygens (including phenoxy) is 3. The second-order valence-electron chi connectivity index (χ2n) is 6.74. The number of hydrogen-bond donors (Lipinski definition) is 0. The van der Waals surface area contributed by atoms with Gasteiger partial charge in [-0.25, -0.2) is 14.4 Å². The number of cyclic esters (lactones) is 1. The Kier molecular flexibility index (Phi) is 5.03. The average molecular weight is 394 g/mol. The summed E-state index contributed by atoms with van der Waals surface area (Å²) >= 11 is 0. The zero-order valence-corrected chi connectivity index (χ0v) is 15.7. The number of carbonyl (C=O) groups excluding carboxylic acids is 2. The van der Waals surface area contributed by atoms with Gasteiger partial charge in [0.1, 0.15) is 17.9 Å². The van der Waals surface area contributed by atoms with Crippen LogP contribution in [0.2, 0.25) is 0 Å². The Hall–Kier alpha value is -3.61. The normalized spacial score (nSPS) is 15.9. The maximum Gasteiger partial charge on any atom is 0.347 e. The summed E-state index contributed by atoms with van der Waals surface area (Å²) in [7, 11) is 0. The van der Waals surface area contributed by atoms with Crippen LogP contribution < -0.4 is 10.4 Å². The molecule has 148 valence electrons. The van der Waals surface area contributed by atoms with Gasteiger partial charge in [-0.1, -0.05) is 12.1 Å². The number of carbonyl (C=O) groups is 2. The van der Waals surface area contributed by atoms with Gasteiger partial charge < -0.3 is 18.6 Å². The first-order chi connectivity index (χ1) is 14.0. The summed E-state index contributed by atoms with van der Waals surface area (Å²) in [4.78, 5) is 35.1. The van der Waals surface area contributed by atoms with Gasteiger partial charge in [0.15, 0.2) is 0 Å². The summed E-state index contributed by atoms with van der Waals surface area (Å²) in [5.41, 5.74) is 2.09. The number of hydrogen-bond acceptors (Lipinski definition) is 7. The van der Waals surface area contributed by atoms with Crippen LogP contribution in [0.1, 0.15) is 27.9 Å². The van der Waals surface area contributed by atoms with Gasteiger partial charge in [0.05, 0.1) is 12.2 Å². The predicted molar refractivity (Wildman–Crippen MR) is 103 cm³/mol. The minimum Gasteiger partial charge on any atom is -0.489 e. The molecule has 0 unspecified atom stereocenters. The van der Waals surface area contributed by atoms with E-state index in [-0.39, 0.29) is 13.2 Å². The van der Waals surface area contributed by atoms with Gasteiger partial charge in [-0.2, -0.15) is 0 Å². The van der Waals surface area contributed by atoms with Crippen molar-refractivity contribution in [1.82, 2.24) is 0 Å². The van der Waals surface area contributed by atoms with Crippen LogP contribution in [0.5, 0.6) is 5.75 Å². The molecule has 0 radical (unpaired) electrons. The molecule has 1 atom stereocenters. The Labute approximate surface area is 165 Å². The van der Waals surface area contributed by atoms with Gasteiger partial charge in [-0.15, -0.1) is 0 Å². The van der Waals surface area contributed by atoms with Crippen molar-refractivity contribution in [3.05, 3.63) is 75.6 Å². The van der Waals surface area contributed by atoms with Gasteiger partial charge in [0.2, 0.25) is 6.10 Å². The van der Waals surface area contributed by atoms with E-state index in [2.05, 4.69) is 0 Å². The minimum atomic E-state index is -0.831. The molecular weight excluding hydrogens is 376 g/mol. The molecule has 1 saturated heterocycles. The second-order valence-corrected chi connectivity index (χ2v) is 6.74. The third kappa shape index (κ3) is 4.13. The fourth-order valence-corrected chi connectivity index (χ4v) is 3.08. The van der Waals surface area contributed by atoms with Crippen molar-refractivity contribution >= 4 is 22.9 Å². The van der Waals surface area contributed by atoms with Crippen molar-refractivity contribution in [1.29, 1.82) is 0 Å². The van der Waals surface area contributed by atoms with Gasteiger partial charge in [-0.3, -0.25) is 0 Å². The lowest BCUT2D eigenvalue weighted by Gasteiger charge is -2.10. The van der Waals surface area contributed by atoms with Crippen LogP contribution in [0.25, 0.3) is 11.0 Å². The van der Waals surface area contributed by atoms with Crippen LogP contribution in [-0.2, 0) is 20.9 Å². The third-order valence-electron chi connectivity index (χ3n) is 4.65. The molecule has 2 heterocycles. The molecule has 0 aliphatic carbocycles. The summed E-state index contributed by atoms with van der Waals surface area (Å²) in [5, 5.41) is 0.853. The first kappa shape index (κ1) is 18.7. The number of aryl methyl sites for hydroxylation is 1. The van der Waals surface area contributed by atoms with E-state index in [4.69, 9.17) is 18.6 Å². The Bertz CT molecular complexity index is 1130. The van der Waals surface area contributed by atoms with E-state index in [9.17, 15) is 14.4 Å². The Morgan fingerprint density at radius 2 is 1.90 bits per heavy atom. The largest absolute Gasteiger partial charge is 0.489 e. The lowest BCUT2D eigenvalue weighted by molar-refractivity contribution is -0.145. The van der Waals surface area contributed by atoms with E-state index >= 15 is 0 Å². The first-order valence-electron chi connectivity index (χ1n) is 9.13. The molecule has 1 fully saturated rings. The molecule has 1 aliphatic rings. The minimum absolute atomic E-state index is 0.269. The summed E-state index contributed by atoms with van der Waals surface area (Å²) < 4.78 is 20.9. The molecule has 7 heteroatoms. The zero-order chi connectivity index (χ0) is 20.4. The van der Waals surface area contributed by atoms with E-state index in [0.717, 1.165) is 16.5 Å². The maximum atomic E-state index is 12.1. The topological polar surface area (TPSA) is 92.0 Å². The highest BCUT2D eigenvalue weighted by Gasteiger charge is 2.30. The molecule has 1 aliphatic heterocycles. The maximum absolute atomic E-state index is 12.1. The van der Waals surface area contributed by atoms with Gasteiger partial charge in [0, 0.05) is 23.9 Å². The van der Waals surface area contributed by atoms with E-state index in [1.165, 1.54) is 6.07 Å². The van der Waals surface area contributed by atoms with E-state index in [1.807, 2.05) is 19.1 Å². The smallest absolute Gasteiger partial charge is 0.347 e. The summed E-state index contributed by atoms with van der Waals surface area (Å²) in [6, 6.07) is 13.5. The standard InChI is InChI=1S/C22H18O7/c1-13-10-20(23)28-19-11-16(6-7-17(13)19)27-12-14-2-4-15(5-3-14)21(24)29-18-8-9-26-22(18)25/h2-7,10-11,18H,8-9,12H2,1H3/t18-/m0/s1. The third-order valence-corrected chi connectivity index (χ3v) is 4.65. The molecule has 29 heavy (non-hydrogen) atoms. The highest BCUT2D eigenvalue weighted by molar-refractivity contribution is 5.91. The van der Waals surface area contributed by atoms with Gasteiger partial charge in [0.25, 0.3) is 0 Å². The molecule has 0 amide bonds. The van der Waals surface area contributed by atoms with Crippen LogP contribution in [0.3, 0.4) is 0 Å². The van der Waals surface area contributed by atoms with Gasteiger partial charge >= 0.3 is 17.6 Å². The monoisotopic (exact) mass is 394 g/mol. The molecule has 0 N–H and O–H groups in total. The molecular formula is C22H18O7. The first-order valence-corrected chi connectivity index (χ1v) is 9.13. The molecule has 1 aromatic heterocycles. The molecule has 3 aromatic rings. The molecule has 0 bridgehead atoms. The van der Waals surface area contributed by atoms with Crippen LogP contribution in [-0.4, -0.2) is 24.6 Å². The lowest BCUT2D eigenvalue weighted by Crippen LogP contribution is -2.22. The van der Waals surface area contributed by atoms with Gasteiger partial charge in [-0.05, 0) is 42.3 Å². The van der Waals surface area contributed by atoms with E-state index in [1.54, 1.807) is 30.3 Å². The molecule has 7 nitrogen and oxygen atoms in total. The Morgan fingerprint density at radius 1 is 1.10 bits per heavy atom. The SMILES string of the molecule is Cc1cc(=O)oc2cc(OCc3ccc(C(=O)O[C@H]4CCOC4=O)cc3)ccc12. The predicted octanol–water partition coefficient (Wildman–Crippen LogP) is 3.15. The van der Waals surface area contributed by atoms with Crippen LogP contribution in [0.4, 0.5) is 0 Å². The molecule has 0 spiro atoms. The van der Waals surface area contributed by atoms with Crippen molar-refractivity contribution in [2.45, 2.75) is 26.1 Å². The van der Waals surface area contributed by atoms with Crippen LogP contribution >= 0.6 is 0 Å². The highest BCUT2D eigenvalue weighted by atomic mass is 16.6. The van der Waals surface area contributed by atoms with Crippen molar-refractivity contribution in [2.24, 2.45) is 0 Å². The van der Waals surface area contributed by atoms with Crippen LogP contribution in [0, 0.1) is 6.92 Å². The van der Waals surface area contributed by atoms with Crippen molar-refractivity contribution < 1.29 is 28.2 Å². The number of rotatable bonds is 5. The fraction of sp³-hybridized carbons (Fsp3) is 0.227. The Morgan fingerprint density at radius 3 is 2.62 bits per heavy atom. The second kappa shape index (κ2) is 7.79. The molecule has 2 aromatic carbocycles. The number of esters is 2. The highest BCUT2D eigenvalue weighted by Crippen LogP contribution is 2.23. The summed E-state index contributed by atoms with van der Waals surface area (Å²) in [6.45, 7) is 2.39. The molecule has 4 rings (SSSR count). The zero-order valence-electron chi connectivity index (χ0n) is 15.7. The fourth-order valence-electron chi connectivity index (χ4n) is 3.08. The summed E-state index contributed by atoms with van der Waals surface area (Å²) in [6.07, 6.45) is -0.455. The quantitative estimate of drug-likeness (QED) is 0.485. The lowest BCUT2D eigenvalue weighted by atomic mass is 10.1. The number of fused-ring (bicyclic) bond motifs is 1. The van der Waals surface area contributed by atoms with Crippen molar-refractivity contribution in [3.63, 3.8) is 0 Å². The average Bonchev–Trinajstić information content (AvgIpc) is 3.10. The Balaban J connectivity index is 1.40. The van der Waals surface area contributed by atoms with Crippen LogP contribution in [0.15, 0.2) is 57.7 Å². The number of benzene rings is 2. The molecule has 0 saturated carbocycles. The van der Waals surface area contributed by atoms with Crippen molar-refractivity contribution in [2.75, 3.05) is 6.61 Å².